The lowest BCUT2D eigenvalue weighted by Crippen LogP contribution is -2.34. The van der Waals surface area contributed by atoms with Crippen molar-refractivity contribution in [3.63, 3.8) is 0 Å². The average Bonchev–Trinajstić information content (AvgIpc) is 2.81. The van der Waals surface area contributed by atoms with Crippen LogP contribution in [0.1, 0.15) is 42.9 Å². The van der Waals surface area contributed by atoms with Gasteiger partial charge in [0.1, 0.15) is 5.75 Å². The minimum Gasteiger partial charge on any atom is -0.494 e. The molecule has 2 rings (SSSR count). The number of nitrogens with one attached hydrogen (secondary N) is 1. The Morgan fingerprint density at radius 3 is 2.65 bits per heavy atom. The molecule has 0 aromatic heterocycles. The highest BCUT2D eigenvalue weighted by Gasteiger charge is 2.16. The van der Waals surface area contributed by atoms with Crippen molar-refractivity contribution in [1.82, 2.24) is 10.2 Å². The average molecular weight is 318 g/mol. The number of hydrogen-bond donors (Lipinski definition) is 1. The van der Waals surface area contributed by atoms with Crippen molar-refractivity contribution in [3.8, 4) is 5.75 Å². The maximum atomic E-state index is 12.4. The number of benzene rings is 1. The normalized spacial score (nSPS) is 15.3. The molecule has 0 unspecified atom stereocenters. The van der Waals surface area contributed by atoms with Crippen molar-refractivity contribution in [1.29, 1.82) is 0 Å². The third kappa shape index (κ3) is 5.24. The first kappa shape index (κ1) is 17.8. The van der Waals surface area contributed by atoms with Gasteiger partial charge in [0.05, 0.1) is 6.61 Å². The van der Waals surface area contributed by atoms with Crippen LogP contribution in [0.15, 0.2) is 12.1 Å². The van der Waals surface area contributed by atoms with E-state index in [4.69, 9.17) is 4.74 Å². The van der Waals surface area contributed by atoms with Crippen molar-refractivity contribution in [2.24, 2.45) is 0 Å². The number of amides is 1. The first-order valence-corrected chi connectivity index (χ1v) is 8.83. The second-order valence-electron chi connectivity index (χ2n) is 6.37. The second kappa shape index (κ2) is 8.92. The molecule has 1 heterocycles. The SMILES string of the molecule is CCCOc1cc(C)c(CCC(=O)N2CCCNCC2)c(C)c1. The van der Waals surface area contributed by atoms with E-state index < -0.39 is 0 Å². The molecule has 1 saturated heterocycles. The van der Waals surface area contributed by atoms with Gasteiger partial charge in [0.2, 0.25) is 5.91 Å². The number of ether oxygens (including phenoxy) is 1. The monoisotopic (exact) mass is 318 g/mol. The van der Waals surface area contributed by atoms with E-state index in [9.17, 15) is 4.79 Å². The number of rotatable bonds is 6. The molecule has 4 heteroatoms. The summed E-state index contributed by atoms with van der Waals surface area (Å²) in [6.07, 6.45) is 3.47. The van der Waals surface area contributed by atoms with E-state index >= 15 is 0 Å². The predicted molar refractivity (Wildman–Crippen MR) is 94.1 cm³/mol. The highest BCUT2D eigenvalue weighted by atomic mass is 16.5. The van der Waals surface area contributed by atoms with Gasteiger partial charge in [-0.15, -0.1) is 0 Å². The standard InChI is InChI=1S/C19H30N2O2/c1-4-12-23-17-13-15(2)18(16(3)14-17)6-7-19(22)21-10-5-8-20-9-11-21/h13-14,20H,4-12H2,1-3H3. The lowest BCUT2D eigenvalue weighted by molar-refractivity contribution is -0.130. The first-order valence-electron chi connectivity index (χ1n) is 8.83. The van der Waals surface area contributed by atoms with E-state index in [0.29, 0.717) is 6.42 Å². The largest absolute Gasteiger partial charge is 0.494 e. The summed E-state index contributed by atoms with van der Waals surface area (Å²) in [5.41, 5.74) is 3.73. The van der Waals surface area contributed by atoms with Gasteiger partial charge in [-0.3, -0.25) is 4.79 Å². The molecular weight excluding hydrogens is 288 g/mol. The first-order chi connectivity index (χ1) is 11.1. The Hall–Kier alpha value is -1.55. The Kier molecular flexibility index (Phi) is 6.90. The summed E-state index contributed by atoms with van der Waals surface area (Å²) in [5, 5.41) is 3.34. The molecule has 0 aliphatic carbocycles. The molecule has 1 aliphatic rings. The van der Waals surface area contributed by atoms with Gasteiger partial charge in [0, 0.05) is 26.1 Å². The molecule has 1 fully saturated rings. The molecule has 1 amide bonds. The molecule has 23 heavy (non-hydrogen) atoms. The molecule has 1 aromatic carbocycles. The Labute approximate surface area is 140 Å². The molecule has 1 aliphatic heterocycles. The highest BCUT2D eigenvalue weighted by Crippen LogP contribution is 2.23. The Bertz CT molecular complexity index is 497. The van der Waals surface area contributed by atoms with Crippen molar-refractivity contribution >= 4 is 5.91 Å². The lowest BCUT2D eigenvalue weighted by Gasteiger charge is -2.20. The molecule has 0 saturated carbocycles. The molecule has 0 atom stereocenters. The third-order valence-corrected chi connectivity index (χ3v) is 4.42. The van der Waals surface area contributed by atoms with Crippen LogP contribution in [-0.4, -0.2) is 43.6 Å². The Morgan fingerprint density at radius 2 is 1.96 bits per heavy atom. The van der Waals surface area contributed by atoms with E-state index in [1.165, 1.54) is 16.7 Å². The molecule has 0 bridgehead atoms. The molecular formula is C19H30N2O2. The fraction of sp³-hybridized carbons (Fsp3) is 0.632. The number of aryl methyl sites for hydroxylation is 2. The zero-order valence-corrected chi connectivity index (χ0v) is 14.8. The minimum absolute atomic E-state index is 0.277. The Balaban J connectivity index is 1.95. The van der Waals surface area contributed by atoms with Crippen molar-refractivity contribution in [2.75, 3.05) is 32.8 Å². The minimum atomic E-state index is 0.277. The summed E-state index contributed by atoms with van der Waals surface area (Å²) in [6, 6.07) is 4.19. The van der Waals surface area contributed by atoms with Crippen molar-refractivity contribution < 1.29 is 9.53 Å². The van der Waals surface area contributed by atoms with E-state index in [-0.39, 0.29) is 5.91 Å². The predicted octanol–water partition coefficient (Wildman–Crippen LogP) is 2.85. The van der Waals surface area contributed by atoms with Crippen LogP contribution in [0.3, 0.4) is 0 Å². The third-order valence-electron chi connectivity index (χ3n) is 4.42. The second-order valence-corrected chi connectivity index (χ2v) is 6.37. The zero-order valence-electron chi connectivity index (χ0n) is 14.8. The van der Waals surface area contributed by atoms with Crippen LogP contribution in [-0.2, 0) is 11.2 Å². The molecule has 1 aromatic rings. The fourth-order valence-corrected chi connectivity index (χ4v) is 3.14. The zero-order chi connectivity index (χ0) is 16.7. The van der Waals surface area contributed by atoms with Crippen LogP contribution < -0.4 is 10.1 Å². The molecule has 128 valence electrons. The van der Waals surface area contributed by atoms with Gasteiger partial charge in [-0.2, -0.15) is 0 Å². The summed E-state index contributed by atoms with van der Waals surface area (Å²) in [6.45, 7) is 10.7. The summed E-state index contributed by atoms with van der Waals surface area (Å²) >= 11 is 0. The van der Waals surface area contributed by atoms with Gasteiger partial charge in [-0.05, 0) is 68.5 Å². The molecule has 0 radical (unpaired) electrons. The van der Waals surface area contributed by atoms with Gasteiger partial charge >= 0.3 is 0 Å². The van der Waals surface area contributed by atoms with E-state index in [0.717, 1.165) is 57.8 Å². The molecule has 1 N–H and O–H groups in total. The quantitative estimate of drug-likeness (QED) is 0.877. The van der Waals surface area contributed by atoms with E-state index in [1.807, 2.05) is 4.90 Å². The molecule has 4 nitrogen and oxygen atoms in total. The smallest absolute Gasteiger partial charge is 0.222 e. The van der Waals surface area contributed by atoms with E-state index in [2.05, 4.69) is 38.2 Å². The van der Waals surface area contributed by atoms with Crippen molar-refractivity contribution in [2.45, 2.75) is 46.5 Å². The number of carbonyl (C=O) groups excluding carboxylic acids is 1. The maximum absolute atomic E-state index is 12.4. The molecule has 0 spiro atoms. The summed E-state index contributed by atoms with van der Waals surface area (Å²) in [4.78, 5) is 14.4. The van der Waals surface area contributed by atoms with Gasteiger partial charge in [0.25, 0.3) is 0 Å². The number of carbonyl (C=O) groups is 1. The van der Waals surface area contributed by atoms with E-state index in [1.54, 1.807) is 0 Å². The van der Waals surface area contributed by atoms with Gasteiger partial charge in [-0.25, -0.2) is 0 Å². The lowest BCUT2D eigenvalue weighted by atomic mass is 9.98. The summed E-state index contributed by atoms with van der Waals surface area (Å²) in [5.74, 6) is 1.22. The van der Waals surface area contributed by atoms with Crippen LogP contribution in [0.25, 0.3) is 0 Å². The topological polar surface area (TPSA) is 41.6 Å². The Morgan fingerprint density at radius 1 is 1.22 bits per heavy atom. The van der Waals surface area contributed by atoms with Gasteiger partial charge in [0.15, 0.2) is 0 Å². The van der Waals surface area contributed by atoms with Crippen LogP contribution >= 0.6 is 0 Å². The van der Waals surface area contributed by atoms with Crippen LogP contribution in [0, 0.1) is 13.8 Å². The van der Waals surface area contributed by atoms with Crippen molar-refractivity contribution in [3.05, 3.63) is 28.8 Å². The van der Waals surface area contributed by atoms with Gasteiger partial charge in [-0.1, -0.05) is 6.92 Å². The van der Waals surface area contributed by atoms with Crippen LogP contribution in [0.5, 0.6) is 5.75 Å². The highest BCUT2D eigenvalue weighted by molar-refractivity contribution is 5.76. The summed E-state index contributed by atoms with van der Waals surface area (Å²) in [7, 11) is 0. The van der Waals surface area contributed by atoms with Gasteiger partial charge < -0.3 is 15.0 Å². The van der Waals surface area contributed by atoms with Crippen LogP contribution in [0.2, 0.25) is 0 Å². The number of hydrogen-bond acceptors (Lipinski definition) is 3. The number of nitrogens with zero attached hydrogens (tertiary/aromatic N) is 1. The summed E-state index contributed by atoms with van der Waals surface area (Å²) < 4.78 is 5.72. The van der Waals surface area contributed by atoms with Crippen LogP contribution in [0.4, 0.5) is 0 Å². The maximum Gasteiger partial charge on any atom is 0.222 e. The fourth-order valence-electron chi connectivity index (χ4n) is 3.14.